The first kappa shape index (κ1) is 19.9. The van der Waals surface area contributed by atoms with Gasteiger partial charge in [-0.1, -0.05) is 60.2 Å². The van der Waals surface area contributed by atoms with E-state index in [0.29, 0.717) is 12.1 Å². The number of piperidine rings is 1. The summed E-state index contributed by atoms with van der Waals surface area (Å²) < 4.78 is 6.00. The molecule has 0 aromatic heterocycles. The van der Waals surface area contributed by atoms with Crippen LogP contribution in [-0.4, -0.2) is 35.6 Å². The Labute approximate surface area is 174 Å². The lowest BCUT2D eigenvalue weighted by molar-refractivity contribution is -0.00354. The van der Waals surface area contributed by atoms with Crippen LogP contribution in [0.3, 0.4) is 0 Å². The normalized spacial score (nSPS) is 24.2. The highest BCUT2D eigenvalue weighted by Gasteiger charge is 2.41. The van der Waals surface area contributed by atoms with Gasteiger partial charge in [-0.05, 0) is 50.3 Å². The minimum atomic E-state index is -0.151. The molecule has 0 spiro atoms. The fourth-order valence-electron chi connectivity index (χ4n) is 5.21. The van der Waals surface area contributed by atoms with Crippen molar-refractivity contribution in [3.05, 3.63) is 76.4 Å². The van der Waals surface area contributed by atoms with Gasteiger partial charge >= 0.3 is 5.97 Å². The molecule has 0 saturated carbocycles. The van der Waals surface area contributed by atoms with Crippen LogP contribution in [0.5, 0.6) is 0 Å². The minimum Gasteiger partial charge on any atom is -0.459 e. The van der Waals surface area contributed by atoms with E-state index in [2.05, 4.69) is 60.4 Å². The second-order valence-electron chi connectivity index (χ2n) is 8.67. The van der Waals surface area contributed by atoms with Crippen LogP contribution in [0.15, 0.2) is 48.5 Å². The van der Waals surface area contributed by atoms with Crippen molar-refractivity contribution in [2.75, 3.05) is 6.54 Å². The Balaban J connectivity index is 1.37. The number of ether oxygens (including phenoxy) is 1. The molecule has 29 heavy (non-hydrogen) atoms. The fourth-order valence-corrected chi connectivity index (χ4v) is 5.21. The zero-order chi connectivity index (χ0) is 20.4. The molecule has 2 fully saturated rings. The predicted molar refractivity (Wildman–Crippen MR) is 118 cm³/mol. The third-order valence-corrected chi connectivity index (χ3v) is 6.42. The largest absolute Gasteiger partial charge is 0.459 e. The molecule has 4 rings (SSSR count). The summed E-state index contributed by atoms with van der Waals surface area (Å²) in [5, 5.41) is 0. The van der Waals surface area contributed by atoms with Gasteiger partial charge in [0.2, 0.25) is 0 Å². The molecule has 0 unspecified atom stereocenters. The zero-order valence-corrected chi connectivity index (χ0v) is 17.7. The minimum absolute atomic E-state index is 0.0365. The van der Waals surface area contributed by atoms with Crippen LogP contribution in [0, 0.1) is 20.8 Å². The Hall–Kier alpha value is -2.39. The molecule has 2 aromatic carbocycles. The predicted octanol–water partition coefficient (Wildman–Crippen LogP) is 5.48. The molecule has 0 amide bonds. The lowest BCUT2D eigenvalue weighted by Crippen LogP contribution is -2.45. The van der Waals surface area contributed by atoms with Gasteiger partial charge in [0.05, 0.1) is 5.56 Å². The van der Waals surface area contributed by atoms with Crippen molar-refractivity contribution in [3.63, 3.8) is 0 Å². The van der Waals surface area contributed by atoms with E-state index in [0.717, 1.165) is 36.1 Å². The number of fused-ring (bicyclic) bond motifs is 2. The van der Waals surface area contributed by atoms with Crippen LogP contribution in [-0.2, 0) is 4.74 Å². The topological polar surface area (TPSA) is 29.5 Å². The number of aryl methyl sites for hydroxylation is 3. The molecule has 2 aliphatic heterocycles. The quantitative estimate of drug-likeness (QED) is 0.635. The second kappa shape index (κ2) is 8.54. The van der Waals surface area contributed by atoms with Crippen molar-refractivity contribution < 1.29 is 9.53 Å². The van der Waals surface area contributed by atoms with Gasteiger partial charge in [0, 0.05) is 31.5 Å². The molecular weight excluding hydrogens is 358 g/mol. The molecule has 152 valence electrons. The number of hydrogen-bond acceptors (Lipinski definition) is 3. The van der Waals surface area contributed by atoms with Crippen LogP contribution >= 0.6 is 0 Å². The molecule has 0 radical (unpaired) electrons. The molecule has 2 aromatic rings. The summed E-state index contributed by atoms with van der Waals surface area (Å²) in [5.41, 5.74) is 5.20. The first-order valence-electron chi connectivity index (χ1n) is 10.8. The van der Waals surface area contributed by atoms with Crippen molar-refractivity contribution in [1.82, 2.24) is 4.90 Å². The van der Waals surface area contributed by atoms with Gasteiger partial charge in [-0.15, -0.1) is 0 Å². The fraction of sp³-hybridized carbons (Fsp3) is 0.423. The average molecular weight is 390 g/mol. The summed E-state index contributed by atoms with van der Waals surface area (Å²) in [5.74, 6) is -0.151. The molecule has 2 atom stereocenters. The standard InChI is InChI=1S/C26H31NO2/c1-18-14-19(2)25(20(3)15-18)26(28)29-24-16-22-11-12-23(17-24)27(22)13-7-10-21-8-5-4-6-9-21/h4-10,14-15,22-24H,11-13,16-17H2,1-3H3/b10-7+/t22-,23-/m1/s1. The molecule has 0 N–H and O–H groups in total. The SMILES string of the molecule is Cc1cc(C)c(C(=O)OC2C[C@H]3CC[C@H](C2)N3C/C=C/c2ccccc2)c(C)c1. The highest BCUT2D eigenvalue weighted by atomic mass is 16.5. The molecule has 2 heterocycles. The molecule has 2 saturated heterocycles. The van der Waals surface area contributed by atoms with E-state index in [9.17, 15) is 4.79 Å². The molecule has 0 aliphatic carbocycles. The molecule has 2 bridgehead atoms. The van der Waals surface area contributed by atoms with Crippen molar-refractivity contribution in [2.24, 2.45) is 0 Å². The molecule has 3 nitrogen and oxygen atoms in total. The molecular formula is C26H31NO2. The second-order valence-corrected chi connectivity index (χ2v) is 8.67. The van der Waals surface area contributed by atoms with E-state index in [1.54, 1.807) is 0 Å². The molecule has 2 aliphatic rings. The summed E-state index contributed by atoms with van der Waals surface area (Å²) >= 11 is 0. The van der Waals surface area contributed by atoms with Crippen LogP contribution < -0.4 is 0 Å². The van der Waals surface area contributed by atoms with Crippen LogP contribution in [0.2, 0.25) is 0 Å². The summed E-state index contributed by atoms with van der Waals surface area (Å²) in [6, 6.07) is 15.6. The van der Waals surface area contributed by atoms with Gasteiger partial charge in [0.25, 0.3) is 0 Å². The van der Waals surface area contributed by atoms with Gasteiger partial charge in [-0.3, -0.25) is 4.90 Å². The van der Waals surface area contributed by atoms with Crippen LogP contribution in [0.4, 0.5) is 0 Å². The van der Waals surface area contributed by atoms with E-state index in [-0.39, 0.29) is 12.1 Å². The Morgan fingerprint density at radius 3 is 2.28 bits per heavy atom. The van der Waals surface area contributed by atoms with E-state index >= 15 is 0 Å². The highest BCUT2D eigenvalue weighted by molar-refractivity contribution is 5.92. The maximum atomic E-state index is 12.9. The van der Waals surface area contributed by atoms with Gasteiger partial charge in [0.15, 0.2) is 0 Å². The smallest absolute Gasteiger partial charge is 0.338 e. The van der Waals surface area contributed by atoms with Gasteiger partial charge in [-0.25, -0.2) is 4.79 Å². The van der Waals surface area contributed by atoms with Crippen LogP contribution in [0.25, 0.3) is 6.08 Å². The van der Waals surface area contributed by atoms with E-state index < -0.39 is 0 Å². The zero-order valence-electron chi connectivity index (χ0n) is 17.7. The van der Waals surface area contributed by atoms with E-state index in [1.807, 2.05) is 19.9 Å². The van der Waals surface area contributed by atoms with Crippen molar-refractivity contribution in [2.45, 2.75) is 64.6 Å². The first-order chi connectivity index (χ1) is 14.0. The Morgan fingerprint density at radius 2 is 1.66 bits per heavy atom. The number of benzene rings is 2. The Kier molecular flexibility index (Phi) is 5.86. The van der Waals surface area contributed by atoms with E-state index in [4.69, 9.17) is 4.74 Å². The summed E-state index contributed by atoms with van der Waals surface area (Å²) in [4.78, 5) is 15.5. The average Bonchev–Trinajstić information content (AvgIpc) is 2.91. The number of rotatable bonds is 5. The maximum Gasteiger partial charge on any atom is 0.338 e. The highest BCUT2D eigenvalue weighted by Crippen LogP contribution is 2.37. The van der Waals surface area contributed by atoms with Crippen LogP contribution in [0.1, 0.15) is 58.3 Å². The summed E-state index contributed by atoms with van der Waals surface area (Å²) in [6.45, 7) is 7.04. The Bertz CT molecular complexity index is 865. The lowest BCUT2D eigenvalue weighted by atomic mass is 9.98. The maximum absolute atomic E-state index is 12.9. The third-order valence-electron chi connectivity index (χ3n) is 6.42. The summed E-state index contributed by atoms with van der Waals surface area (Å²) in [7, 11) is 0. The number of esters is 1. The number of carbonyl (C=O) groups excluding carboxylic acids is 1. The van der Waals surface area contributed by atoms with Gasteiger partial charge < -0.3 is 4.74 Å². The number of nitrogens with zero attached hydrogens (tertiary/aromatic N) is 1. The first-order valence-corrected chi connectivity index (χ1v) is 10.8. The number of carbonyl (C=O) groups is 1. The van der Waals surface area contributed by atoms with Crippen molar-refractivity contribution in [3.8, 4) is 0 Å². The monoisotopic (exact) mass is 389 g/mol. The molecule has 3 heteroatoms. The Morgan fingerprint density at radius 1 is 1.03 bits per heavy atom. The van der Waals surface area contributed by atoms with Crippen molar-refractivity contribution in [1.29, 1.82) is 0 Å². The third kappa shape index (κ3) is 4.45. The van der Waals surface area contributed by atoms with Gasteiger partial charge in [0.1, 0.15) is 6.10 Å². The van der Waals surface area contributed by atoms with Crippen molar-refractivity contribution >= 4 is 12.0 Å². The summed E-state index contributed by atoms with van der Waals surface area (Å²) in [6.07, 6.45) is 8.83. The number of hydrogen-bond donors (Lipinski definition) is 0. The lowest BCUT2D eigenvalue weighted by Gasteiger charge is -2.38. The van der Waals surface area contributed by atoms with E-state index in [1.165, 1.54) is 24.0 Å². The van der Waals surface area contributed by atoms with Gasteiger partial charge in [-0.2, -0.15) is 0 Å².